The topological polar surface area (TPSA) is 46.6 Å². The van der Waals surface area contributed by atoms with E-state index in [1.165, 1.54) is 4.31 Å². The van der Waals surface area contributed by atoms with Crippen LogP contribution in [0.4, 0.5) is 0 Å². The quantitative estimate of drug-likeness (QED) is 0.328. The second kappa shape index (κ2) is 12.2. The summed E-state index contributed by atoms with van der Waals surface area (Å²) in [6.45, 7) is 11.2. The van der Waals surface area contributed by atoms with Crippen LogP contribution in [0.1, 0.15) is 38.8 Å². The van der Waals surface area contributed by atoms with Crippen molar-refractivity contribution in [3.8, 4) is 24.2 Å². The zero-order valence-corrected chi connectivity index (χ0v) is 22.2. The molecule has 2 rings (SSSR count). The van der Waals surface area contributed by atoms with Crippen molar-refractivity contribution >= 4 is 18.3 Å². The van der Waals surface area contributed by atoms with Crippen molar-refractivity contribution < 1.29 is 12.8 Å². The van der Waals surface area contributed by atoms with Gasteiger partial charge in [0.1, 0.15) is 0 Å². The maximum Gasteiger partial charge on any atom is 0.244 e. The molecule has 0 heterocycles. The van der Waals surface area contributed by atoms with Crippen molar-refractivity contribution in [2.24, 2.45) is 0 Å². The standard InChI is InChI=1S/C27H35NO3SSi/c1-7-21-33(23(2)3,24(4)5)31-20-12-11-19-28(22-26-13-9-8-10-14-26)32(29,30)27-17-15-25(6)16-18-27/h1,8-10,13-18,23-24H,19-22H2,2-6H3. The van der Waals surface area contributed by atoms with E-state index in [1.807, 2.05) is 37.3 Å². The van der Waals surface area contributed by atoms with E-state index in [0.717, 1.165) is 11.1 Å². The number of benzene rings is 2. The molecule has 0 aliphatic rings. The van der Waals surface area contributed by atoms with Gasteiger partial charge in [-0.2, -0.15) is 4.31 Å². The SMILES string of the molecule is C#CC[Si](OCC#CCN(Cc1ccccc1)S(=O)(=O)c1ccc(C)cc1)(C(C)C)C(C)C. The number of rotatable bonds is 10. The van der Waals surface area contributed by atoms with Crippen molar-refractivity contribution in [3.63, 3.8) is 0 Å². The Kier molecular flexibility index (Phi) is 9.95. The van der Waals surface area contributed by atoms with E-state index in [9.17, 15) is 8.42 Å². The van der Waals surface area contributed by atoms with Crippen LogP contribution in [-0.4, -0.2) is 34.2 Å². The zero-order valence-electron chi connectivity index (χ0n) is 20.3. The lowest BCUT2D eigenvalue weighted by Crippen LogP contribution is -2.44. The lowest BCUT2D eigenvalue weighted by molar-refractivity contribution is 0.334. The lowest BCUT2D eigenvalue weighted by atomic mass is 10.2. The van der Waals surface area contributed by atoms with Gasteiger partial charge in [-0.3, -0.25) is 0 Å². The maximum atomic E-state index is 13.3. The summed E-state index contributed by atoms with van der Waals surface area (Å²) < 4.78 is 34.4. The van der Waals surface area contributed by atoms with E-state index >= 15 is 0 Å². The molecule has 0 N–H and O–H groups in total. The minimum atomic E-state index is -3.69. The smallest absolute Gasteiger partial charge is 0.244 e. The number of hydrogen-bond acceptors (Lipinski definition) is 3. The summed E-state index contributed by atoms with van der Waals surface area (Å²) in [5.41, 5.74) is 2.65. The van der Waals surface area contributed by atoms with Gasteiger partial charge >= 0.3 is 0 Å². The van der Waals surface area contributed by atoms with Crippen molar-refractivity contribution in [2.75, 3.05) is 13.2 Å². The first kappa shape index (κ1) is 26.9. The molecule has 0 radical (unpaired) electrons. The van der Waals surface area contributed by atoms with Gasteiger partial charge in [-0.05, 0) is 35.7 Å². The highest BCUT2D eigenvalue weighted by Gasteiger charge is 2.41. The van der Waals surface area contributed by atoms with Crippen molar-refractivity contribution in [3.05, 3.63) is 65.7 Å². The first-order valence-corrected chi connectivity index (χ1v) is 15.0. The summed E-state index contributed by atoms with van der Waals surface area (Å²) in [7, 11) is -5.85. The van der Waals surface area contributed by atoms with Gasteiger partial charge in [-0.1, -0.05) is 87.6 Å². The summed E-state index contributed by atoms with van der Waals surface area (Å²) in [5, 5.41) is 0. The predicted molar refractivity (Wildman–Crippen MR) is 139 cm³/mol. The van der Waals surface area contributed by atoms with Crippen LogP contribution >= 0.6 is 0 Å². The highest BCUT2D eigenvalue weighted by Crippen LogP contribution is 2.36. The Hall–Kier alpha value is -2.35. The molecule has 0 bridgehead atoms. The summed E-state index contributed by atoms with van der Waals surface area (Å²) in [4.78, 5) is 0.266. The maximum absolute atomic E-state index is 13.3. The average Bonchev–Trinajstić information content (AvgIpc) is 2.77. The Bertz CT molecular complexity index is 1080. The molecule has 4 nitrogen and oxygen atoms in total. The number of sulfonamides is 1. The third kappa shape index (κ3) is 7.06. The molecule has 176 valence electrons. The molecule has 33 heavy (non-hydrogen) atoms. The molecule has 0 spiro atoms. The molecule has 0 fully saturated rings. The lowest BCUT2D eigenvalue weighted by Gasteiger charge is -2.36. The fourth-order valence-corrected chi connectivity index (χ4v) is 8.77. The van der Waals surface area contributed by atoms with Crippen LogP contribution in [-0.2, 0) is 21.0 Å². The Labute approximate surface area is 201 Å². The molecular weight excluding hydrogens is 446 g/mol. The van der Waals surface area contributed by atoms with Crippen LogP contribution in [0.15, 0.2) is 59.5 Å². The van der Waals surface area contributed by atoms with Crippen LogP contribution < -0.4 is 0 Å². The number of terminal acetylenes is 1. The molecule has 6 heteroatoms. The van der Waals surface area contributed by atoms with Gasteiger partial charge in [0, 0.05) is 12.6 Å². The Morgan fingerprint density at radius 1 is 0.970 bits per heavy atom. The number of aryl methyl sites for hydroxylation is 1. The molecule has 0 saturated heterocycles. The van der Waals surface area contributed by atoms with E-state index in [0.29, 0.717) is 17.1 Å². The molecule has 2 aromatic rings. The van der Waals surface area contributed by atoms with Crippen molar-refractivity contribution in [1.29, 1.82) is 0 Å². The van der Waals surface area contributed by atoms with Crippen LogP contribution in [0.5, 0.6) is 0 Å². The fourth-order valence-electron chi connectivity index (χ4n) is 3.86. The van der Waals surface area contributed by atoms with Crippen molar-refractivity contribution in [2.45, 2.75) is 63.2 Å². The third-order valence-electron chi connectivity index (χ3n) is 5.99. The van der Waals surface area contributed by atoms with Gasteiger partial charge in [0.05, 0.1) is 18.0 Å². The summed E-state index contributed by atoms with van der Waals surface area (Å²) >= 11 is 0. The van der Waals surface area contributed by atoms with Crippen molar-refractivity contribution in [1.82, 2.24) is 4.31 Å². The predicted octanol–water partition coefficient (Wildman–Crippen LogP) is 5.60. The van der Waals surface area contributed by atoms with Gasteiger partial charge < -0.3 is 4.43 Å². The first-order chi connectivity index (χ1) is 15.6. The Balaban J connectivity index is 2.22. The second-order valence-corrected chi connectivity index (χ2v) is 15.7. The van der Waals surface area contributed by atoms with E-state index < -0.39 is 18.3 Å². The molecule has 0 aromatic heterocycles. The minimum absolute atomic E-state index is 0.0848. The second-order valence-electron chi connectivity index (χ2n) is 8.86. The molecule has 2 aromatic carbocycles. The van der Waals surface area contributed by atoms with Gasteiger partial charge in [0.25, 0.3) is 0 Å². The molecule has 0 amide bonds. The molecule has 0 saturated carbocycles. The summed E-state index contributed by atoms with van der Waals surface area (Å²) in [6.07, 6.45) is 5.64. The highest BCUT2D eigenvalue weighted by molar-refractivity contribution is 7.89. The van der Waals surface area contributed by atoms with Gasteiger partial charge in [-0.25, -0.2) is 8.42 Å². The number of nitrogens with zero attached hydrogens (tertiary/aromatic N) is 1. The molecular formula is C27H35NO3SSi. The Morgan fingerprint density at radius 3 is 2.12 bits per heavy atom. The van der Waals surface area contributed by atoms with E-state index in [1.54, 1.807) is 24.3 Å². The normalized spacial score (nSPS) is 12.0. The monoisotopic (exact) mass is 481 g/mol. The molecule has 0 unspecified atom stereocenters. The average molecular weight is 482 g/mol. The van der Waals surface area contributed by atoms with Crippen LogP contribution in [0.2, 0.25) is 17.1 Å². The number of hydrogen-bond donors (Lipinski definition) is 0. The highest BCUT2D eigenvalue weighted by atomic mass is 32.2. The molecule has 0 atom stereocenters. The largest absolute Gasteiger partial charge is 0.404 e. The first-order valence-electron chi connectivity index (χ1n) is 11.3. The molecule has 0 aliphatic carbocycles. The van der Waals surface area contributed by atoms with E-state index in [-0.39, 0.29) is 24.6 Å². The fraction of sp³-hybridized carbons (Fsp3) is 0.407. The van der Waals surface area contributed by atoms with Gasteiger partial charge in [-0.15, -0.1) is 12.3 Å². The third-order valence-corrected chi connectivity index (χ3v) is 13.1. The van der Waals surface area contributed by atoms with Gasteiger partial charge in [0.15, 0.2) is 0 Å². The summed E-state index contributed by atoms with van der Waals surface area (Å²) in [6, 6.07) is 17.1. The van der Waals surface area contributed by atoms with E-state index in [4.69, 9.17) is 10.8 Å². The van der Waals surface area contributed by atoms with Crippen LogP contribution in [0.3, 0.4) is 0 Å². The molecule has 0 aliphatic heterocycles. The zero-order chi connectivity index (χ0) is 24.5. The van der Waals surface area contributed by atoms with Crippen LogP contribution in [0.25, 0.3) is 0 Å². The van der Waals surface area contributed by atoms with Crippen LogP contribution in [0, 0.1) is 31.1 Å². The Morgan fingerprint density at radius 2 is 1.58 bits per heavy atom. The minimum Gasteiger partial charge on any atom is -0.404 e. The van der Waals surface area contributed by atoms with Gasteiger partial charge in [0.2, 0.25) is 18.3 Å². The van der Waals surface area contributed by atoms with E-state index in [2.05, 4.69) is 45.5 Å². The summed E-state index contributed by atoms with van der Waals surface area (Å²) in [5.74, 6) is 8.87.